The van der Waals surface area contributed by atoms with Crippen molar-refractivity contribution in [1.29, 1.82) is 5.26 Å². The summed E-state index contributed by atoms with van der Waals surface area (Å²) < 4.78 is 0. The minimum absolute atomic E-state index is 0.637. The summed E-state index contributed by atoms with van der Waals surface area (Å²) in [4.78, 5) is 4.67. The molecular formula is C49H39N3. The second-order valence-corrected chi connectivity index (χ2v) is 13.6. The van der Waals surface area contributed by atoms with Gasteiger partial charge in [0.15, 0.2) is 0 Å². The monoisotopic (exact) mass is 669 g/mol. The van der Waals surface area contributed by atoms with Crippen molar-refractivity contribution < 1.29 is 0 Å². The highest BCUT2D eigenvalue weighted by molar-refractivity contribution is 6.25. The van der Waals surface area contributed by atoms with Crippen LogP contribution < -0.4 is 15.0 Å². The van der Waals surface area contributed by atoms with Crippen LogP contribution in [0.25, 0.3) is 38.4 Å². The Morgan fingerprint density at radius 1 is 0.481 bits per heavy atom. The first kappa shape index (κ1) is 32.6. The molecule has 0 fully saturated rings. The minimum atomic E-state index is 0.637. The van der Waals surface area contributed by atoms with Crippen molar-refractivity contribution in [2.45, 2.75) is 27.7 Å². The van der Waals surface area contributed by atoms with E-state index in [4.69, 9.17) is 0 Å². The van der Waals surface area contributed by atoms with Gasteiger partial charge in [-0.25, -0.2) is 0 Å². The third-order valence-corrected chi connectivity index (χ3v) is 10.2. The van der Waals surface area contributed by atoms with E-state index in [9.17, 15) is 5.26 Å². The first-order valence-corrected chi connectivity index (χ1v) is 17.7. The van der Waals surface area contributed by atoms with Gasteiger partial charge in [0.05, 0.1) is 17.3 Å². The molecule has 3 nitrogen and oxygen atoms in total. The molecule has 0 atom stereocenters. The molecule has 0 unspecified atom stereocenters. The van der Waals surface area contributed by atoms with E-state index in [0.29, 0.717) is 5.56 Å². The molecule has 8 rings (SSSR count). The number of allylic oxidation sites excluding steroid dienone is 1. The molecular weight excluding hydrogens is 631 g/mol. The summed E-state index contributed by atoms with van der Waals surface area (Å²) in [7, 11) is 0. The first-order valence-electron chi connectivity index (χ1n) is 17.7. The molecule has 0 amide bonds. The van der Waals surface area contributed by atoms with E-state index in [-0.39, 0.29) is 0 Å². The Balaban J connectivity index is 1.42. The van der Waals surface area contributed by atoms with E-state index in [1.54, 1.807) is 0 Å². The van der Waals surface area contributed by atoms with E-state index >= 15 is 0 Å². The molecule has 0 aromatic heterocycles. The van der Waals surface area contributed by atoms with Crippen LogP contribution in [0.3, 0.4) is 0 Å². The number of anilines is 6. The number of aryl methyl sites for hydroxylation is 4. The molecule has 8 aromatic carbocycles. The molecule has 0 saturated carbocycles. The highest BCUT2D eigenvalue weighted by atomic mass is 15.1. The molecule has 8 aromatic rings. The lowest BCUT2D eigenvalue weighted by Crippen LogP contribution is -2.14. The minimum Gasteiger partial charge on any atom is -0.310 e. The Morgan fingerprint density at radius 3 is 1.42 bits per heavy atom. The van der Waals surface area contributed by atoms with Gasteiger partial charge in [0.1, 0.15) is 0 Å². The fourth-order valence-corrected chi connectivity index (χ4v) is 7.60. The summed E-state index contributed by atoms with van der Waals surface area (Å²) in [6, 6.07) is 52.1. The van der Waals surface area contributed by atoms with Crippen LogP contribution in [-0.2, 0) is 0 Å². The molecule has 250 valence electrons. The summed E-state index contributed by atoms with van der Waals surface area (Å²) in [6.07, 6.45) is 4.07. The molecule has 0 heterocycles. The van der Waals surface area contributed by atoms with Crippen LogP contribution in [0.4, 0.5) is 34.1 Å². The molecule has 0 radical (unpaired) electrons. The Kier molecular flexibility index (Phi) is 8.30. The molecule has 0 saturated heterocycles. The van der Waals surface area contributed by atoms with E-state index in [1.807, 2.05) is 30.3 Å². The molecule has 52 heavy (non-hydrogen) atoms. The predicted molar refractivity (Wildman–Crippen MR) is 222 cm³/mol. The molecule has 0 aliphatic heterocycles. The quantitative estimate of drug-likeness (QED) is 0.125. The van der Waals surface area contributed by atoms with Gasteiger partial charge in [0.25, 0.3) is 0 Å². The maximum Gasteiger partial charge on any atom is 0.0991 e. The van der Waals surface area contributed by atoms with Crippen LogP contribution in [0.5, 0.6) is 0 Å². The normalized spacial score (nSPS) is 11.6. The van der Waals surface area contributed by atoms with Crippen molar-refractivity contribution in [3.05, 3.63) is 185 Å². The summed E-state index contributed by atoms with van der Waals surface area (Å²) in [5.41, 5.74) is 12.0. The van der Waals surface area contributed by atoms with Crippen molar-refractivity contribution in [3.63, 3.8) is 0 Å². The summed E-state index contributed by atoms with van der Waals surface area (Å²) >= 11 is 0. The second-order valence-electron chi connectivity index (χ2n) is 13.6. The maximum absolute atomic E-state index is 9.53. The lowest BCUT2D eigenvalue weighted by atomic mass is 9.89. The van der Waals surface area contributed by atoms with Crippen LogP contribution in [0, 0.1) is 39.0 Å². The number of nitrogens with zero attached hydrogens (tertiary/aromatic N) is 3. The Morgan fingerprint density at radius 2 is 0.923 bits per heavy atom. The third-order valence-electron chi connectivity index (χ3n) is 10.2. The predicted octanol–water partition coefficient (Wildman–Crippen LogP) is 12.9. The number of benzene rings is 8. The van der Waals surface area contributed by atoms with Gasteiger partial charge in [-0.05, 0) is 138 Å². The van der Waals surface area contributed by atoms with Crippen molar-refractivity contribution >= 4 is 72.5 Å². The molecule has 0 bridgehead atoms. The molecule has 0 aliphatic carbocycles. The van der Waals surface area contributed by atoms with Crippen molar-refractivity contribution in [3.8, 4) is 6.07 Å². The smallest absolute Gasteiger partial charge is 0.0991 e. The highest BCUT2D eigenvalue weighted by Crippen LogP contribution is 2.45. The molecule has 0 spiro atoms. The maximum atomic E-state index is 9.53. The van der Waals surface area contributed by atoms with Crippen molar-refractivity contribution in [2.75, 3.05) is 9.80 Å². The van der Waals surface area contributed by atoms with Gasteiger partial charge < -0.3 is 9.80 Å². The van der Waals surface area contributed by atoms with Gasteiger partial charge >= 0.3 is 0 Å². The van der Waals surface area contributed by atoms with Crippen molar-refractivity contribution in [1.82, 2.24) is 0 Å². The first-order chi connectivity index (χ1) is 25.4. The fourth-order valence-electron chi connectivity index (χ4n) is 7.60. The van der Waals surface area contributed by atoms with Gasteiger partial charge in [-0.3, -0.25) is 0 Å². The van der Waals surface area contributed by atoms with Gasteiger partial charge in [0, 0.05) is 33.8 Å². The molecule has 0 N–H and O–H groups in total. The number of hydrogen-bond donors (Lipinski definition) is 0. The topological polar surface area (TPSA) is 30.3 Å². The third kappa shape index (κ3) is 5.56. The van der Waals surface area contributed by atoms with Crippen LogP contribution in [0.15, 0.2) is 152 Å². The number of hydrogen-bond acceptors (Lipinski definition) is 3. The number of fused-ring (bicyclic) bond motifs is 2. The Bertz CT molecular complexity index is 2670. The van der Waals surface area contributed by atoms with E-state index in [2.05, 4.69) is 171 Å². The van der Waals surface area contributed by atoms with Crippen molar-refractivity contribution in [2.24, 2.45) is 0 Å². The van der Waals surface area contributed by atoms with Gasteiger partial charge in [0.2, 0.25) is 0 Å². The average molecular weight is 670 g/mol. The largest absolute Gasteiger partial charge is 0.310 e. The second kappa shape index (κ2) is 13.2. The zero-order valence-corrected chi connectivity index (χ0v) is 30.0. The van der Waals surface area contributed by atoms with Crippen LogP contribution in [-0.4, -0.2) is 0 Å². The Hall–Kier alpha value is -6.63. The summed E-state index contributed by atoms with van der Waals surface area (Å²) in [6.45, 7) is 12.8. The SMILES string of the molecule is C=C/C=c1/c2cccc3c(N(c4ccc(C)cc4)c4ccc(C)cc4)ccc(c4ccc(N(c5ccc(C)cc5)c5ccc(C#N)cc5)c(C)c14)c32. The lowest BCUT2D eigenvalue weighted by Gasteiger charge is -2.29. The van der Waals surface area contributed by atoms with Crippen LogP contribution >= 0.6 is 0 Å². The van der Waals surface area contributed by atoms with Crippen LogP contribution in [0.2, 0.25) is 0 Å². The number of rotatable bonds is 7. The average Bonchev–Trinajstić information content (AvgIpc) is 3.17. The lowest BCUT2D eigenvalue weighted by molar-refractivity contribution is 1.25. The molecule has 3 heteroatoms. The van der Waals surface area contributed by atoms with E-state index < -0.39 is 0 Å². The summed E-state index contributed by atoms with van der Waals surface area (Å²) in [5, 5.41) is 17.9. The number of nitriles is 1. The van der Waals surface area contributed by atoms with E-state index in [0.717, 1.165) is 39.3 Å². The highest BCUT2D eigenvalue weighted by Gasteiger charge is 2.22. The zero-order chi connectivity index (χ0) is 35.9. The standard InChI is InChI=1S/C49H39N3/c1-6-8-41-42-9-7-10-45-47(52(38-21-13-33(3)14-22-38)39-23-15-34(4)16-24-39)30-28-44(49(42)45)43-27-29-46(35(5)48(41)43)51(37-19-11-32(2)12-20-37)40-25-17-36(31-50)18-26-40/h6-30H,1H2,2-5H3/b41-8-. The fraction of sp³-hybridized carbons (Fsp3) is 0.0816. The zero-order valence-electron chi connectivity index (χ0n) is 30.0. The van der Waals surface area contributed by atoms with E-state index in [1.165, 1.54) is 54.6 Å². The van der Waals surface area contributed by atoms with Gasteiger partial charge in [-0.15, -0.1) is 0 Å². The Labute approximate surface area is 305 Å². The molecule has 0 aliphatic rings. The summed E-state index contributed by atoms with van der Waals surface area (Å²) in [5.74, 6) is 0. The van der Waals surface area contributed by atoms with Gasteiger partial charge in [-0.2, -0.15) is 5.26 Å². The van der Waals surface area contributed by atoms with Crippen LogP contribution in [0.1, 0.15) is 27.8 Å². The van der Waals surface area contributed by atoms with Gasteiger partial charge in [-0.1, -0.05) is 102 Å².